The molecule has 0 aliphatic rings. The van der Waals surface area contributed by atoms with Crippen LogP contribution in [0.15, 0.2) is 10.9 Å². The van der Waals surface area contributed by atoms with Crippen LogP contribution in [0.5, 0.6) is 0 Å². The minimum absolute atomic E-state index is 0.233. The molecule has 1 heterocycles. The molecule has 0 saturated carbocycles. The van der Waals surface area contributed by atoms with Gasteiger partial charge in [-0.25, -0.2) is 4.39 Å². The largest absolute Gasteiger partial charge is 0.324 e. The van der Waals surface area contributed by atoms with E-state index in [2.05, 4.69) is 4.98 Å². The first-order chi connectivity index (χ1) is 5.52. The zero-order valence-electron chi connectivity index (χ0n) is 7.44. The Morgan fingerprint density at radius 1 is 1.50 bits per heavy atom. The SMILES string of the molecule is Cc1[nH]c(=O)c(F)cc1C(C)C. The van der Waals surface area contributed by atoms with E-state index in [0.29, 0.717) is 0 Å². The van der Waals surface area contributed by atoms with Crippen molar-refractivity contribution in [1.82, 2.24) is 4.98 Å². The summed E-state index contributed by atoms with van der Waals surface area (Å²) >= 11 is 0. The summed E-state index contributed by atoms with van der Waals surface area (Å²) in [4.78, 5) is 13.2. The van der Waals surface area contributed by atoms with Gasteiger partial charge < -0.3 is 4.98 Å². The van der Waals surface area contributed by atoms with Gasteiger partial charge in [0.1, 0.15) is 0 Å². The zero-order valence-corrected chi connectivity index (χ0v) is 7.44. The van der Waals surface area contributed by atoms with Crippen molar-refractivity contribution in [3.05, 3.63) is 33.5 Å². The van der Waals surface area contributed by atoms with Crippen LogP contribution in [0.4, 0.5) is 4.39 Å². The molecule has 1 rings (SSSR count). The smallest absolute Gasteiger partial charge is 0.284 e. The van der Waals surface area contributed by atoms with Crippen LogP contribution in [-0.4, -0.2) is 4.98 Å². The van der Waals surface area contributed by atoms with Crippen LogP contribution in [0.3, 0.4) is 0 Å². The van der Waals surface area contributed by atoms with E-state index in [-0.39, 0.29) is 5.92 Å². The molecule has 1 aromatic rings. The van der Waals surface area contributed by atoms with E-state index in [9.17, 15) is 9.18 Å². The number of rotatable bonds is 1. The van der Waals surface area contributed by atoms with Crippen molar-refractivity contribution < 1.29 is 4.39 Å². The Morgan fingerprint density at radius 2 is 2.08 bits per heavy atom. The third-order valence-electron chi connectivity index (χ3n) is 1.86. The lowest BCUT2D eigenvalue weighted by Gasteiger charge is -2.08. The summed E-state index contributed by atoms with van der Waals surface area (Å²) in [6, 6.07) is 1.30. The summed E-state index contributed by atoms with van der Waals surface area (Å²) < 4.78 is 12.8. The summed E-state index contributed by atoms with van der Waals surface area (Å²) in [6.45, 7) is 5.69. The Labute approximate surface area is 70.4 Å². The van der Waals surface area contributed by atoms with E-state index in [1.807, 2.05) is 13.8 Å². The summed E-state index contributed by atoms with van der Waals surface area (Å²) in [5, 5.41) is 0. The van der Waals surface area contributed by atoms with Crippen LogP contribution in [0, 0.1) is 12.7 Å². The molecule has 0 aromatic carbocycles. The van der Waals surface area contributed by atoms with Crippen LogP contribution in [0.25, 0.3) is 0 Å². The highest BCUT2D eigenvalue weighted by atomic mass is 19.1. The van der Waals surface area contributed by atoms with Gasteiger partial charge in [-0.1, -0.05) is 13.8 Å². The van der Waals surface area contributed by atoms with Crippen molar-refractivity contribution in [2.24, 2.45) is 0 Å². The van der Waals surface area contributed by atoms with E-state index in [4.69, 9.17) is 0 Å². The van der Waals surface area contributed by atoms with Gasteiger partial charge in [-0.05, 0) is 24.5 Å². The lowest BCUT2D eigenvalue weighted by atomic mass is 10.0. The highest BCUT2D eigenvalue weighted by Gasteiger charge is 2.07. The average Bonchev–Trinajstić information content (AvgIpc) is 1.96. The maximum Gasteiger partial charge on any atom is 0.284 e. The fourth-order valence-corrected chi connectivity index (χ4v) is 1.21. The van der Waals surface area contributed by atoms with Crippen LogP contribution >= 0.6 is 0 Å². The van der Waals surface area contributed by atoms with E-state index in [0.717, 1.165) is 11.3 Å². The number of aromatic amines is 1. The molecule has 0 saturated heterocycles. The molecule has 0 bridgehead atoms. The number of hydrogen-bond acceptors (Lipinski definition) is 1. The first kappa shape index (κ1) is 8.97. The standard InChI is InChI=1S/C9H12FNO/c1-5(2)7-4-8(10)9(12)11-6(7)3/h4-5H,1-3H3,(H,11,12). The second-order valence-corrected chi connectivity index (χ2v) is 3.18. The van der Waals surface area contributed by atoms with Crippen LogP contribution in [0.1, 0.15) is 31.0 Å². The van der Waals surface area contributed by atoms with E-state index < -0.39 is 11.4 Å². The minimum Gasteiger partial charge on any atom is -0.324 e. The zero-order chi connectivity index (χ0) is 9.30. The molecular formula is C9H12FNO. The van der Waals surface area contributed by atoms with E-state index in [1.165, 1.54) is 6.07 Å². The van der Waals surface area contributed by atoms with Gasteiger partial charge in [0, 0.05) is 5.69 Å². The van der Waals surface area contributed by atoms with Gasteiger partial charge in [-0.2, -0.15) is 0 Å². The maximum atomic E-state index is 12.8. The molecule has 0 fully saturated rings. The van der Waals surface area contributed by atoms with Gasteiger partial charge in [0.25, 0.3) is 5.56 Å². The number of nitrogens with one attached hydrogen (secondary N) is 1. The van der Waals surface area contributed by atoms with Crippen molar-refractivity contribution in [2.45, 2.75) is 26.7 Å². The Kier molecular flexibility index (Phi) is 2.31. The predicted octanol–water partition coefficient (Wildman–Crippen LogP) is 1.95. The highest BCUT2D eigenvalue weighted by molar-refractivity contribution is 5.22. The number of aryl methyl sites for hydroxylation is 1. The third kappa shape index (κ3) is 1.55. The van der Waals surface area contributed by atoms with E-state index in [1.54, 1.807) is 6.92 Å². The molecular weight excluding hydrogens is 157 g/mol. The summed E-state index contributed by atoms with van der Waals surface area (Å²) in [5.41, 5.74) is 0.959. The van der Waals surface area contributed by atoms with Gasteiger partial charge >= 0.3 is 0 Å². The fourth-order valence-electron chi connectivity index (χ4n) is 1.21. The number of hydrogen-bond donors (Lipinski definition) is 1. The molecule has 0 radical (unpaired) electrons. The molecule has 0 spiro atoms. The van der Waals surface area contributed by atoms with Crippen molar-refractivity contribution in [3.8, 4) is 0 Å². The lowest BCUT2D eigenvalue weighted by molar-refractivity contribution is 0.600. The molecule has 12 heavy (non-hydrogen) atoms. The van der Waals surface area contributed by atoms with Crippen LogP contribution in [-0.2, 0) is 0 Å². The lowest BCUT2D eigenvalue weighted by Crippen LogP contribution is -2.14. The summed E-state index contributed by atoms with van der Waals surface area (Å²) in [7, 11) is 0. The van der Waals surface area contributed by atoms with Gasteiger partial charge in [0.2, 0.25) is 0 Å². The van der Waals surface area contributed by atoms with Crippen LogP contribution < -0.4 is 5.56 Å². The second kappa shape index (κ2) is 3.09. The summed E-state index contributed by atoms with van der Waals surface area (Å²) in [5.74, 6) is -0.472. The first-order valence-corrected chi connectivity index (χ1v) is 3.91. The summed E-state index contributed by atoms with van der Waals surface area (Å²) in [6.07, 6.45) is 0. The number of pyridine rings is 1. The van der Waals surface area contributed by atoms with Crippen LogP contribution in [0.2, 0.25) is 0 Å². The molecule has 66 valence electrons. The fraction of sp³-hybridized carbons (Fsp3) is 0.444. The minimum atomic E-state index is -0.704. The van der Waals surface area contributed by atoms with Gasteiger partial charge in [0.05, 0.1) is 0 Å². The Balaban J connectivity index is 3.33. The monoisotopic (exact) mass is 169 g/mol. The normalized spacial score (nSPS) is 10.8. The number of halogens is 1. The average molecular weight is 169 g/mol. The number of H-pyrrole nitrogens is 1. The highest BCUT2D eigenvalue weighted by Crippen LogP contribution is 2.15. The maximum absolute atomic E-state index is 12.8. The predicted molar refractivity (Wildman–Crippen MR) is 45.8 cm³/mol. The van der Waals surface area contributed by atoms with Crippen molar-refractivity contribution in [2.75, 3.05) is 0 Å². The molecule has 0 amide bonds. The quantitative estimate of drug-likeness (QED) is 0.684. The van der Waals surface area contributed by atoms with Crippen molar-refractivity contribution in [1.29, 1.82) is 0 Å². The van der Waals surface area contributed by atoms with Gasteiger partial charge in [-0.15, -0.1) is 0 Å². The molecule has 0 atom stereocenters. The molecule has 3 heteroatoms. The molecule has 1 aromatic heterocycles. The molecule has 0 aliphatic heterocycles. The Morgan fingerprint density at radius 3 is 2.58 bits per heavy atom. The molecule has 2 nitrogen and oxygen atoms in total. The molecule has 0 unspecified atom stereocenters. The Hall–Kier alpha value is -1.12. The Bertz CT molecular complexity index is 341. The first-order valence-electron chi connectivity index (χ1n) is 3.91. The van der Waals surface area contributed by atoms with E-state index >= 15 is 0 Å². The van der Waals surface area contributed by atoms with Crippen molar-refractivity contribution >= 4 is 0 Å². The second-order valence-electron chi connectivity index (χ2n) is 3.18. The van der Waals surface area contributed by atoms with Crippen molar-refractivity contribution in [3.63, 3.8) is 0 Å². The van der Waals surface area contributed by atoms with Gasteiger partial charge in [0.15, 0.2) is 5.82 Å². The van der Waals surface area contributed by atoms with Gasteiger partial charge in [-0.3, -0.25) is 4.79 Å². The third-order valence-corrected chi connectivity index (χ3v) is 1.86. The topological polar surface area (TPSA) is 32.9 Å². The molecule has 0 aliphatic carbocycles. The number of aromatic nitrogens is 1. The molecule has 1 N–H and O–H groups in total.